The van der Waals surface area contributed by atoms with E-state index in [0.29, 0.717) is 12.0 Å². The Kier molecular flexibility index (Phi) is 3.90. The Balaban J connectivity index is 1.78. The largest absolute Gasteiger partial charge is 0.368 e. The molecule has 1 aliphatic rings. The lowest BCUT2D eigenvalue weighted by atomic mass is 10.1. The second-order valence-corrected chi connectivity index (χ2v) is 6.31. The van der Waals surface area contributed by atoms with E-state index in [1.54, 1.807) is 6.20 Å². The summed E-state index contributed by atoms with van der Waals surface area (Å²) in [5.41, 5.74) is 9.78. The van der Waals surface area contributed by atoms with Crippen LogP contribution in [-0.4, -0.2) is 37.9 Å². The fraction of sp³-hybridized carbons (Fsp3) is 0.389. The van der Waals surface area contributed by atoms with E-state index in [9.17, 15) is 0 Å². The summed E-state index contributed by atoms with van der Waals surface area (Å²) in [7, 11) is 0. The number of pyridine rings is 1. The molecule has 124 valence electrons. The molecule has 3 N–H and O–H groups in total. The van der Waals surface area contributed by atoms with E-state index in [1.807, 2.05) is 18.3 Å². The highest BCUT2D eigenvalue weighted by Gasteiger charge is 2.24. The zero-order valence-electron chi connectivity index (χ0n) is 13.9. The van der Waals surface area contributed by atoms with Gasteiger partial charge >= 0.3 is 0 Å². The number of nitrogens with two attached hydrogens (primary N) is 1. The van der Waals surface area contributed by atoms with Crippen molar-refractivity contribution >= 4 is 17.0 Å². The minimum absolute atomic E-state index is 0.305. The molecule has 6 heteroatoms. The lowest BCUT2D eigenvalue weighted by Gasteiger charge is -2.26. The van der Waals surface area contributed by atoms with Crippen LogP contribution in [0.15, 0.2) is 30.6 Å². The first-order valence-electron chi connectivity index (χ1n) is 8.57. The summed E-state index contributed by atoms with van der Waals surface area (Å²) in [6, 6.07) is 6.37. The van der Waals surface area contributed by atoms with Gasteiger partial charge in [-0.25, -0.2) is 15.0 Å². The minimum Gasteiger partial charge on any atom is -0.368 e. The van der Waals surface area contributed by atoms with Crippen molar-refractivity contribution in [3.8, 4) is 11.3 Å². The molecule has 3 aromatic rings. The average molecular weight is 322 g/mol. The molecule has 1 saturated heterocycles. The number of hydrogen-bond acceptors (Lipinski definition) is 5. The van der Waals surface area contributed by atoms with E-state index >= 15 is 0 Å². The molecule has 0 aliphatic carbocycles. The van der Waals surface area contributed by atoms with Gasteiger partial charge in [0.2, 0.25) is 5.95 Å². The van der Waals surface area contributed by atoms with Crippen molar-refractivity contribution in [3.05, 3.63) is 36.3 Å². The van der Waals surface area contributed by atoms with Gasteiger partial charge in [0.05, 0.1) is 17.4 Å². The summed E-state index contributed by atoms with van der Waals surface area (Å²) in [5.74, 6) is 0.332. The number of hydrogen-bond donors (Lipinski definition) is 2. The van der Waals surface area contributed by atoms with E-state index in [4.69, 9.17) is 5.73 Å². The predicted molar refractivity (Wildman–Crippen MR) is 95.4 cm³/mol. The number of aromatic nitrogens is 4. The van der Waals surface area contributed by atoms with Crippen molar-refractivity contribution in [2.75, 3.05) is 18.8 Å². The Morgan fingerprint density at radius 2 is 2.12 bits per heavy atom. The maximum atomic E-state index is 6.03. The Labute approximate surface area is 141 Å². The number of aromatic amines is 1. The Morgan fingerprint density at radius 3 is 2.92 bits per heavy atom. The van der Waals surface area contributed by atoms with Crippen molar-refractivity contribution in [2.24, 2.45) is 0 Å². The molecule has 0 spiro atoms. The number of nitrogens with one attached hydrogen (secondary N) is 1. The molecule has 0 radical (unpaired) electrons. The van der Waals surface area contributed by atoms with E-state index in [1.165, 1.54) is 12.8 Å². The van der Waals surface area contributed by atoms with Gasteiger partial charge in [-0.15, -0.1) is 0 Å². The zero-order chi connectivity index (χ0) is 16.5. The third-order valence-corrected chi connectivity index (χ3v) is 4.80. The van der Waals surface area contributed by atoms with Crippen LogP contribution >= 0.6 is 0 Å². The monoisotopic (exact) mass is 322 g/mol. The zero-order valence-corrected chi connectivity index (χ0v) is 13.9. The molecule has 0 amide bonds. The number of rotatable bonds is 4. The number of fused-ring (bicyclic) bond motifs is 1. The van der Waals surface area contributed by atoms with Gasteiger partial charge in [-0.1, -0.05) is 6.92 Å². The van der Waals surface area contributed by atoms with Crippen molar-refractivity contribution in [1.29, 1.82) is 0 Å². The van der Waals surface area contributed by atoms with Crippen LogP contribution in [-0.2, 0) is 0 Å². The second-order valence-electron chi connectivity index (χ2n) is 6.31. The molecule has 0 saturated carbocycles. The Bertz CT molecular complexity index is 850. The number of H-pyrrole nitrogens is 1. The maximum absolute atomic E-state index is 6.03. The van der Waals surface area contributed by atoms with Gasteiger partial charge in [0.1, 0.15) is 5.65 Å². The second kappa shape index (κ2) is 6.20. The maximum Gasteiger partial charge on any atom is 0.220 e. The lowest BCUT2D eigenvalue weighted by molar-refractivity contribution is 0.235. The number of nitrogens with zero attached hydrogens (tertiary/aromatic N) is 4. The van der Waals surface area contributed by atoms with Crippen LogP contribution in [0.5, 0.6) is 0 Å². The van der Waals surface area contributed by atoms with Crippen LogP contribution in [0.4, 0.5) is 5.95 Å². The molecule has 4 rings (SSSR count). The molecule has 24 heavy (non-hydrogen) atoms. The van der Waals surface area contributed by atoms with E-state index in [0.717, 1.165) is 47.5 Å². The summed E-state index contributed by atoms with van der Waals surface area (Å²) >= 11 is 0. The molecule has 1 atom stereocenters. The summed E-state index contributed by atoms with van der Waals surface area (Å²) in [6.07, 6.45) is 7.27. The smallest absolute Gasteiger partial charge is 0.220 e. The Morgan fingerprint density at radius 1 is 1.29 bits per heavy atom. The number of anilines is 1. The average Bonchev–Trinajstić information content (AvgIpc) is 3.25. The van der Waals surface area contributed by atoms with Crippen molar-refractivity contribution in [3.63, 3.8) is 0 Å². The molecular weight excluding hydrogens is 300 g/mol. The topological polar surface area (TPSA) is 83.7 Å². The number of nitrogen functional groups attached to an aromatic ring is 1. The van der Waals surface area contributed by atoms with Crippen LogP contribution in [0.25, 0.3) is 22.3 Å². The third-order valence-electron chi connectivity index (χ3n) is 4.80. The molecule has 1 fully saturated rings. The van der Waals surface area contributed by atoms with Gasteiger partial charge in [0.15, 0.2) is 0 Å². The van der Waals surface area contributed by atoms with Crippen molar-refractivity contribution in [2.45, 2.75) is 32.2 Å². The van der Waals surface area contributed by atoms with Gasteiger partial charge in [0.25, 0.3) is 0 Å². The van der Waals surface area contributed by atoms with Crippen LogP contribution in [0, 0.1) is 0 Å². The van der Waals surface area contributed by atoms with E-state index in [-0.39, 0.29) is 0 Å². The highest BCUT2D eigenvalue weighted by atomic mass is 15.2. The van der Waals surface area contributed by atoms with Crippen LogP contribution in [0.3, 0.4) is 0 Å². The molecule has 4 heterocycles. The Hall–Kier alpha value is -2.47. The molecule has 0 bridgehead atoms. The summed E-state index contributed by atoms with van der Waals surface area (Å²) in [5, 5.41) is 1.05. The fourth-order valence-corrected chi connectivity index (χ4v) is 3.67. The summed E-state index contributed by atoms with van der Waals surface area (Å²) in [4.78, 5) is 19.1. The van der Waals surface area contributed by atoms with Gasteiger partial charge in [-0.3, -0.25) is 4.90 Å². The van der Waals surface area contributed by atoms with E-state index in [2.05, 4.69) is 37.8 Å². The van der Waals surface area contributed by atoms with Gasteiger partial charge in [0, 0.05) is 23.3 Å². The summed E-state index contributed by atoms with van der Waals surface area (Å²) < 4.78 is 0. The van der Waals surface area contributed by atoms with E-state index < -0.39 is 0 Å². The molecule has 3 aromatic heterocycles. The fourth-order valence-electron chi connectivity index (χ4n) is 3.67. The minimum atomic E-state index is 0.305. The van der Waals surface area contributed by atoms with Crippen molar-refractivity contribution < 1.29 is 0 Å². The quantitative estimate of drug-likeness (QED) is 0.771. The highest BCUT2D eigenvalue weighted by Crippen LogP contribution is 2.31. The predicted octanol–water partition coefficient (Wildman–Crippen LogP) is 3.15. The third kappa shape index (κ3) is 2.63. The molecular formula is C18H22N6. The van der Waals surface area contributed by atoms with Crippen LogP contribution in [0.1, 0.15) is 37.9 Å². The summed E-state index contributed by atoms with van der Waals surface area (Å²) in [6.45, 7) is 4.47. The molecule has 6 nitrogen and oxygen atoms in total. The van der Waals surface area contributed by atoms with Gasteiger partial charge < -0.3 is 10.7 Å². The first-order valence-corrected chi connectivity index (χ1v) is 8.57. The lowest BCUT2D eigenvalue weighted by Crippen LogP contribution is -2.26. The first kappa shape index (κ1) is 15.1. The highest BCUT2D eigenvalue weighted by molar-refractivity contribution is 5.92. The molecule has 1 unspecified atom stereocenters. The van der Waals surface area contributed by atoms with Gasteiger partial charge in [-0.05, 0) is 50.6 Å². The SMILES string of the molecule is CCC(c1cc(-c2c[nH]c3ncccc23)nc(N)n1)N1CCCC1. The van der Waals surface area contributed by atoms with Crippen LogP contribution < -0.4 is 5.73 Å². The normalized spacial score (nSPS) is 16.7. The van der Waals surface area contributed by atoms with Crippen molar-refractivity contribution in [1.82, 2.24) is 24.8 Å². The first-order chi connectivity index (χ1) is 11.8. The van der Waals surface area contributed by atoms with Gasteiger partial charge in [-0.2, -0.15) is 0 Å². The molecule has 0 aromatic carbocycles. The van der Waals surface area contributed by atoms with Crippen LogP contribution in [0.2, 0.25) is 0 Å². The number of likely N-dealkylation sites (tertiary alicyclic amines) is 1. The standard InChI is InChI=1S/C18H22N6/c1-2-16(24-8-3-4-9-24)15-10-14(22-18(19)23-15)13-11-21-17-12(13)6-5-7-20-17/h5-7,10-11,16H,2-4,8-9H2,1H3,(H,20,21)(H2,19,22,23). The molecule has 1 aliphatic heterocycles.